The maximum absolute atomic E-state index is 10.6. The number of fused-ring (bicyclic) bond motifs is 3. The van der Waals surface area contributed by atoms with Crippen molar-refractivity contribution in [1.82, 2.24) is 0 Å². The Kier molecular flexibility index (Phi) is 6.25. The fraction of sp³-hybridized carbons (Fsp3) is 1.00. The molecule has 0 bridgehead atoms. The second-order valence-corrected chi connectivity index (χ2v) is 12.5. The van der Waals surface area contributed by atoms with E-state index in [2.05, 4.69) is 13.8 Å². The minimum Gasteiger partial charge on any atom is -0.392 e. The third-order valence-corrected chi connectivity index (χ3v) is 11.7. The number of nitrogens with two attached hydrogens (primary N) is 2. The van der Waals surface area contributed by atoms with Gasteiger partial charge < -0.3 is 21.7 Å². The quantitative estimate of drug-likeness (QED) is 0.529. The molecule has 0 aliphatic heterocycles. The summed E-state index contributed by atoms with van der Waals surface area (Å²) in [6, 6.07) is -0.197. The molecule has 4 heteroatoms. The van der Waals surface area contributed by atoms with E-state index in [0.29, 0.717) is 29.1 Å². The third-order valence-electron chi connectivity index (χ3n) is 11.7. The van der Waals surface area contributed by atoms with E-state index in [9.17, 15) is 10.2 Å². The number of aliphatic hydroxyl groups excluding tert-OH is 2. The highest BCUT2D eigenvalue weighted by atomic mass is 16.3. The van der Waals surface area contributed by atoms with Crippen LogP contribution in [0.15, 0.2) is 0 Å². The molecule has 178 valence electrons. The Labute approximate surface area is 189 Å². The molecular formula is C27H48N2O2. The fourth-order valence-corrected chi connectivity index (χ4v) is 10.5. The monoisotopic (exact) mass is 432 g/mol. The van der Waals surface area contributed by atoms with E-state index in [-0.39, 0.29) is 24.3 Å². The summed E-state index contributed by atoms with van der Waals surface area (Å²) in [5, 5.41) is 21.2. The van der Waals surface area contributed by atoms with Crippen molar-refractivity contribution in [3.8, 4) is 0 Å². The van der Waals surface area contributed by atoms with Crippen LogP contribution in [0.2, 0.25) is 0 Å². The van der Waals surface area contributed by atoms with Gasteiger partial charge in [-0.3, -0.25) is 0 Å². The second-order valence-electron chi connectivity index (χ2n) is 12.5. The van der Waals surface area contributed by atoms with Gasteiger partial charge in [0.15, 0.2) is 0 Å². The first kappa shape index (κ1) is 22.6. The lowest BCUT2D eigenvalue weighted by atomic mass is 9.45. The Morgan fingerprint density at radius 3 is 1.35 bits per heavy atom. The van der Waals surface area contributed by atoms with Gasteiger partial charge in [-0.25, -0.2) is 0 Å². The van der Waals surface area contributed by atoms with E-state index in [1.54, 1.807) is 0 Å². The number of rotatable bonds is 2. The van der Waals surface area contributed by atoms with Crippen molar-refractivity contribution in [3.05, 3.63) is 0 Å². The average Bonchev–Trinajstić information content (AvgIpc) is 3.07. The van der Waals surface area contributed by atoms with Gasteiger partial charge in [0.1, 0.15) is 0 Å². The SMILES string of the molecule is CC1C(N)C(O)CCC1C1(C2CCC(O)C(N)C2C)C2CCCCC2C2CCCCC21. The van der Waals surface area contributed by atoms with Gasteiger partial charge in [-0.05, 0) is 104 Å². The zero-order chi connectivity index (χ0) is 21.9. The van der Waals surface area contributed by atoms with Gasteiger partial charge in [0.2, 0.25) is 0 Å². The molecule has 0 saturated heterocycles. The smallest absolute Gasteiger partial charge is 0.0693 e. The normalized spacial score (nSPS) is 57.9. The van der Waals surface area contributed by atoms with E-state index in [1.165, 1.54) is 51.4 Å². The Morgan fingerprint density at radius 2 is 0.935 bits per heavy atom. The molecule has 6 N–H and O–H groups in total. The zero-order valence-corrected chi connectivity index (χ0v) is 20.0. The topological polar surface area (TPSA) is 92.5 Å². The van der Waals surface area contributed by atoms with Crippen LogP contribution in [0.1, 0.15) is 90.9 Å². The lowest BCUT2D eigenvalue weighted by Crippen LogP contribution is -2.61. The van der Waals surface area contributed by atoms with E-state index in [4.69, 9.17) is 11.5 Å². The van der Waals surface area contributed by atoms with Crippen molar-refractivity contribution in [2.24, 2.45) is 64.2 Å². The summed E-state index contributed by atoms with van der Waals surface area (Å²) in [6.45, 7) is 4.71. The summed E-state index contributed by atoms with van der Waals surface area (Å²) in [5.74, 6) is 5.32. The van der Waals surface area contributed by atoms with Crippen LogP contribution in [-0.2, 0) is 0 Å². The molecule has 5 saturated carbocycles. The maximum atomic E-state index is 10.6. The molecule has 0 heterocycles. The van der Waals surface area contributed by atoms with Crippen LogP contribution in [0.5, 0.6) is 0 Å². The molecule has 12 unspecified atom stereocenters. The van der Waals surface area contributed by atoms with Crippen LogP contribution in [0.3, 0.4) is 0 Å². The lowest BCUT2D eigenvalue weighted by Gasteiger charge is -2.61. The minimum absolute atomic E-state index is 0.0986. The molecule has 0 aromatic rings. The van der Waals surface area contributed by atoms with E-state index in [0.717, 1.165) is 49.4 Å². The lowest BCUT2D eigenvalue weighted by molar-refractivity contribution is -0.136. The van der Waals surface area contributed by atoms with E-state index >= 15 is 0 Å². The van der Waals surface area contributed by atoms with Crippen LogP contribution in [0.25, 0.3) is 0 Å². The first-order valence-corrected chi connectivity index (χ1v) is 13.8. The average molecular weight is 433 g/mol. The van der Waals surface area contributed by atoms with Gasteiger partial charge in [0.25, 0.3) is 0 Å². The fourth-order valence-electron chi connectivity index (χ4n) is 10.5. The molecule has 0 spiro atoms. The highest BCUT2D eigenvalue weighted by Crippen LogP contribution is 2.72. The van der Waals surface area contributed by atoms with Gasteiger partial charge in [0, 0.05) is 12.1 Å². The molecule has 0 radical (unpaired) electrons. The molecule has 0 amide bonds. The minimum atomic E-state index is -0.345. The van der Waals surface area contributed by atoms with Gasteiger partial charge in [-0.2, -0.15) is 0 Å². The molecule has 0 aromatic heterocycles. The first-order chi connectivity index (χ1) is 14.9. The largest absolute Gasteiger partial charge is 0.392 e. The van der Waals surface area contributed by atoms with Crippen molar-refractivity contribution in [1.29, 1.82) is 0 Å². The van der Waals surface area contributed by atoms with Crippen molar-refractivity contribution in [2.75, 3.05) is 0 Å². The highest BCUT2D eigenvalue weighted by Gasteiger charge is 2.67. The number of hydrogen-bond acceptors (Lipinski definition) is 4. The summed E-state index contributed by atoms with van der Waals surface area (Å²) < 4.78 is 0. The first-order valence-electron chi connectivity index (χ1n) is 13.8. The van der Waals surface area contributed by atoms with Crippen LogP contribution in [0, 0.1) is 52.8 Å². The highest BCUT2D eigenvalue weighted by molar-refractivity contribution is 5.16. The van der Waals surface area contributed by atoms with Gasteiger partial charge >= 0.3 is 0 Å². The van der Waals surface area contributed by atoms with E-state index in [1.807, 2.05) is 0 Å². The number of aliphatic hydroxyl groups is 2. The van der Waals surface area contributed by atoms with Crippen molar-refractivity contribution >= 4 is 0 Å². The van der Waals surface area contributed by atoms with E-state index < -0.39 is 0 Å². The van der Waals surface area contributed by atoms with Crippen LogP contribution >= 0.6 is 0 Å². The van der Waals surface area contributed by atoms with Crippen molar-refractivity contribution < 1.29 is 10.2 Å². The molecule has 5 fully saturated rings. The molecule has 12 atom stereocenters. The van der Waals surface area contributed by atoms with Gasteiger partial charge in [0.05, 0.1) is 12.2 Å². The Balaban J connectivity index is 1.64. The molecular weight excluding hydrogens is 384 g/mol. The molecule has 4 nitrogen and oxygen atoms in total. The second kappa shape index (κ2) is 8.56. The van der Waals surface area contributed by atoms with Crippen LogP contribution < -0.4 is 11.5 Å². The predicted molar refractivity (Wildman–Crippen MR) is 125 cm³/mol. The molecule has 0 aromatic carbocycles. The standard InChI is InChI=1S/C27H48N2O2/c1-15-19(11-13-23(30)25(15)28)27(20-12-14-24(31)26(29)16(20)2)21-9-5-3-7-17(21)18-8-4-6-10-22(18)27/h15-26,30-31H,3-14,28-29H2,1-2H3. The van der Waals surface area contributed by atoms with Crippen molar-refractivity contribution in [3.63, 3.8) is 0 Å². The molecule has 31 heavy (non-hydrogen) atoms. The van der Waals surface area contributed by atoms with Crippen molar-refractivity contribution in [2.45, 2.75) is 115 Å². The van der Waals surface area contributed by atoms with Gasteiger partial charge in [-0.1, -0.05) is 39.5 Å². The van der Waals surface area contributed by atoms with Crippen LogP contribution in [0.4, 0.5) is 0 Å². The van der Waals surface area contributed by atoms with Gasteiger partial charge in [-0.15, -0.1) is 0 Å². The molecule has 5 rings (SSSR count). The number of hydrogen-bond donors (Lipinski definition) is 4. The summed E-state index contributed by atoms with van der Waals surface area (Å²) in [4.78, 5) is 0. The van der Waals surface area contributed by atoms with Crippen LogP contribution in [-0.4, -0.2) is 34.5 Å². The summed E-state index contributed by atoms with van der Waals surface area (Å²) in [6.07, 6.45) is 14.5. The summed E-state index contributed by atoms with van der Waals surface area (Å²) in [7, 11) is 0. The molecule has 5 aliphatic rings. The Hall–Kier alpha value is -0.160. The third kappa shape index (κ3) is 3.29. The Bertz CT molecular complexity index is 587. The summed E-state index contributed by atoms with van der Waals surface area (Å²) in [5.41, 5.74) is 13.7. The Morgan fingerprint density at radius 1 is 0.548 bits per heavy atom. The maximum Gasteiger partial charge on any atom is 0.0693 e. The molecule has 5 aliphatic carbocycles. The summed E-state index contributed by atoms with van der Waals surface area (Å²) >= 11 is 0. The predicted octanol–water partition coefficient (Wildman–Crippen LogP) is 4.07. The zero-order valence-electron chi connectivity index (χ0n) is 20.0.